The molecule has 31 heavy (non-hydrogen) atoms. The summed E-state index contributed by atoms with van der Waals surface area (Å²) in [6.45, 7) is 7.37. The van der Waals surface area contributed by atoms with Crippen molar-refractivity contribution in [3.63, 3.8) is 0 Å². The van der Waals surface area contributed by atoms with Crippen LogP contribution in [0.1, 0.15) is 22.8 Å². The quantitative estimate of drug-likeness (QED) is 0.707. The van der Waals surface area contributed by atoms with Crippen molar-refractivity contribution >= 4 is 17.5 Å². The van der Waals surface area contributed by atoms with E-state index in [0.717, 1.165) is 44.2 Å². The van der Waals surface area contributed by atoms with E-state index in [0.29, 0.717) is 24.3 Å². The average Bonchev–Trinajstić information content (AvgIpc) is 3.23. The third-order valence-corrected chi connectivity index (χ3v) is 5.42. The molecule has 0 saturated carbocycles. The maximum Gasteiger partial charge on any atom is 0.251 e. The maximum absolute atomic E-state index is 12.5. The van der Waals surface area contributed by atoms with Crippen molar-refractivity contribution < 1.29 is 19.1 Å². The molecule has 2 aromatic carbocycles. The SMILES string of the molecule is CCNC(=O)c1cccc(NC(=O)CN2CCN(Cc3ccc4c(c3)OCO4)CC2)c1. The highest BCUT2D eigenvalue weighted by Gasteiger charge is 2.20. The van der Waals surface area contributed by atoms with Crippen molar-refractivity contribution in [3.05, 3.63) is 53.6 Å². The number of ether oxygens (including phenoxy) is 2. The normalized spacial score (nSPS) is 16.2. The average molecular weight is 425 g/mol. The first kappa shape index (κ1) is 21.1. The number of piperazine rings is 1. The molecule has 4 rings (SSSR count). The lowest BCUT2D eigenvalue weighted by Gasteiger charge is -2.34. The smallest absolute Gasteiger partial charge is 0.251 e. The molecule has 0 atom stereocenters. The lowest BCUT2D eigenvalue weighted by atomic mass is 10.1. The largest absolute Gasteiger partial charge is 0.454 e. The van der Waals surface area contributed by atoms with Crippen LogP contribution in [0.3, 0.4) is 0 Å². The molecule has 0 aromatic heterocycles. The summed E-state index contributed by atoms with van der Waals surface area (Å²) in [7, 11) is 0. The third kappa shape index (κ3) is 5.53. The van der Waals surface area contributed by atoms with Crippen molar-refractivity contribution in [2.24, 2.45) is 0 Å². The van der Waals surface area contributed by atoms with E-state index in [1.165, 1.54) is 5.56 Å². The second-order valence-corrected chi connectivity index (χ2v) is 7.73. The van der Waals surface area contributed by atoms with Gasteiger partial charge in [0, 0.05) is 50.5 Å². The molecular weight excluding hydrogens is 396 g/mol. The molecular formula is C23H28N4O4. The highest BCUT2D eigenvalue weighted by atomic mass is 16.7. The lowest BCUT2D eigenvalue weighted by Crippen LogP contribution is -2.48. The molecule has 1 fully saturated rings. The first-order valence-corrected chi connectivity index (χ1v) is 10.6. The van der Waals surface area contributed by atoms with E-state index in [1.54, 1.807) is 24.3 Å². The van der Waals surface area contributed by atoms with E-state index in [2.05, 4.69) is 26.5 Å². The molecule has 2 aromatic rings. The molecule has 1 saturated heterocycles. The minimum Gasteiger partial charge on any atom is -0.454 e. The van der Waals surface area contributed by atoms with Gasteiger partial charge in [0.05, 0.1) is 6.54 Å². The summed E-state index contributed by atoms with van der Waals surface area (Å²) in [6, 6.07) is 13.1. The molecule has 2 aliphatic heterocycles. The van der Waals surface area contributed by atoms with Crippen molar-refractivity contribution in [1.29, 1.82) is 0 Å². The fraction of sp³-hybridized carbons (Fsp3) is 0.391. The molecule has 8 heteroatoms. The molecule has 0 spiro atoms. The number of benzene rings is 2. The van der Waals surface area contributed by atoms with Crippen molar-refractivity contribution in [2.45, 2.75) is 13.5 Å². The summed E-state index contributed by atoms with van der Waals surface area (Å²) in [5.74, 6) is 1.40. The van der Waals surface area contributed by atoms with Gasteiger partial charge in [-0.1, -0.05) is 12.1 Å². The molecule has 0 bridgehead atoms. The van der Waals surface area contributed by atoms with E-state index in [-0.39, 0.29) is 18.6 Å². The zero-order valence-electron chi connectivity index (χ0n) is 17.7. The molecule has 0 unspecified atom stereocenters. The van der Waals surface area contributed by atoms with Gasteiger partial charge in [-0.25, -0.2) is 0 Å². The number of nitrogens with one attached hydrogen (secondary N) is 2. The minimum absolute atomic E-state index is 0.0720. The Bertz CT molecular complexity index is 941. The van der Waals surface area contributed by atoms with Crippen LogP contribution in [0.4, 0.5) is 5.69 Å². The van der Waals surface area contributed by atoms with Gasteiger partial charge in [-0.2, -0.15) is 0 Å². The Hall–Kier alpha value is -3.10. The van der Waals surface area contributed by atoms with Gasteiger partial charge in [-0.15, -0.1) is 0 Å². The Balaban J connectivity index is 1.23. The van der Waals surface area contributed by atoms with E-state index in [4.69, 9.17) is 9.47 Å². The second kappa shape index (κ2) is 9.80. The monoisotopic (exact) mass is 424 g/mol. The van der Waals surface area contributed by atoms with Crippen LogP contribution in [0.15, 0.2) is 42.5 Å². The lowest BCUT2D eigenvalue weighted by molar-refractivity contribution is -0.117. The maximum atomic E-state index is 12.5. The number of hydrogen-bond acceptors (Lipinski definition) is 6. The van der Waals surface area contributed by atoms with Gasteiger partial charge in [0.25, 0.3) is 5.91 Å². The van der Waals surface area contributed by atoms with Gasteiger partial charge in [0.15, 0.2) is 11.5 Å². The van der Waals surface area contributed by atoms with Gasteiger partial charge >= 0.3 is 0 Å². The number of carbonyl (C=O) groups is 2. The molecule has 0 aliphatic carbocycles. The Kier molecular flexibility index (Phi) is 6.69. The van der Waals surface area contributed by atoms with E-state index in [1.807, 2.05) is 19.1 Å². The summed E-state index contributed by atoms with van der Waals surface area (Å²) in [4.78, 5) is 29.0. The van der Waals surface area contributed by atoms with Crippen LogP contribution in [0.5, 0.6) is 11.5 Å². The van der Waals surface area contributed by atoms with Crippen LogP contribution in [-0.2, 0) is 11.3 Å². The fourth-order valence-corrected chi connectivity index (χ4v) is 3.81. The number of nitrogens with zero attached hydrogens (tertiary/aromatic N) is 2. The Morgan fingerprint density at radius 2 is 1.74 bits per heavy atom. The number of carbonyl (C=O) groups excluding carboxylic acids is 2. The number of anilines is 1. The van der Waals surface area contributed by atoms with Crippen LogP contribution < -0.4 is 20.1 Å². The van der Waals surface area contributed by atoms with Crippen LogP contribution in [-0.4, -0.2) is 67.7 Å². The van der Waals surface area contributed by atoms with Gasteiger partial charge in [0.2, 0.25) is 12.7 Å². The summed E-state index contributed by atoms with van der Waals surface area (Å²) in [5, 5.41) is 5.67. The highest BCUT2D eigenvalue weighted by molar-refractivity contribution is 5.97. The Morgan fingerprint density at radius 3 is 2.55 bits per heavy atom. The zero-order valence-corrected chi connectivity index (χ0v) is 17.7. The highest BCUT2D eigenvalue weighted by Crippen LogP contribution is 2.32. The van der Waals surface area contributed by atoms with Gasteiger partial charge in [-0.05, 0) is 42.8 Å². The molecule has 2 heterocycles. The van der Waals surface area contributed by atoms with Crippen LogP contribution >= 0.6 is 0 Å². The summed E-state index contributed by atoms with van der Waals surface area (Å²) in [5.41, 5.74) is 2.37. The van der Waals surface area contributed by atoms with Crippen LogP contribution in [0.2, 0.25) is 0 Å². The Morgan fingerprint density at radius 1 is 0.968 bits per heavy atom. The molecule has 2 aliphatic rings. The van der Waals surface area contributed by atoms with Crippen molar-refractivity contribution in [3.8, 4) is 11.5 Å². The number of fused-ring (bicyclic) bond motifs is 1. The predicted molar refractivity (Wildman–Crippen MR) is 117 cm³/mol. The Labute approximate surface area is 182 Å². The van der Waals surface area contributed by atoms with E-state index in [9.17, 15) is 9.59 Å². The number of hydrogen-bond donors (Lipinski definition) is 2. The summed E-state index contributed by atoms with van der Waals surface area (Å²) >= 11 is 0. The molecule has 8 nitrogen and oxygen atoms in total. The molecule has 2 N–H and O–H groups in total. The first-order valence-electron chi connectivity index (χ1n) is 10.6. The molecule has 0 radical (unpaired) electrons. The third-order valence-electron chi connectivity index (χ3n) is 5.42. The fourth-order valence-electron chi connectivity index (χ4n) is 3.81. The number of amides is 2. The van der Waals surface area contributed by atoms with Crippen LogP contribution in [0, 0.1) is 0 Å². The van der Waals surface area contributed by atoms with Gasteiger partial charge in [0.1, 0.15) is 0 Å². The summed E-state index contributed by atoms with van der Waals surface area (Å²) < 4.78 is 10.8. The zero-order chi connectivity index (χ0) is 21.6. The van der Waals surface area contributed by atoms with Gasteiger partial charge in [-0.3, -0.25) is 19.4 Å². The first-order chi connectivity index (χ1) is 15.1. The van der Waals surface area contributed by atoms with Crippen molar-refractivity contribution in [2.75, 3.05) is 51.4 Å². The van der Waals surface area contributed by atoms with E-state index >= 15 is 0 Å². The number of rotatable bonds is 7. The minimum atomic E-state index is -0.141. The molecule has 164 valence electrons. The van der Waals surface area contributed by atoms with E-state index < -0.39 is 0 Å². The van der Waals surface area contributed by atoms with Crippen LogP contribution in [0.25, 0.3) is 0 Å². The molecule has 2 amide bonds. The predicted octanol–water partition coefficient (Wildman–Crippen LogP) is 1.92. The van der Waals surface area contributed by atoms with Crippen molar-refractivity contribution in [1.82, 2.24) is 15.1 Å². The summed E-state index contributed by atoms with van der Waals surface area (Å²) in [6.07, 6.45) is 0. The standard InChI is InChI=1S/C23H28N4O4/c1-2-24-23(29)18-4-3-5-19(13-18)25-22(28)15-27-10-8-26(9-11-27)14-17-6-7-20-21(12-17)31-16-30-20/h3-7,12-13H,2,8-11,14-16H2,1H3,(H,24,29)(H,25,28). The topological polar surface area (TPSA) is 83.1 Å². The second-order valence-electron chi connectivity index (χ2n) is 7.73. The van der Waals surface area contributed by atoms with Gasteiger partial charge < -0.3 is 20.1 Å².